The average Bonchev–Trinajstić information content (AvgIpc) is 3.43. The van der Waals surface area contributed by atoms with E-state index in [0.29, 0.717) is 24.3 Å². The summed E-state index contributed by atoms with van der Waals surface area (Å²) in [4.78, 5) is 63.9. The van der Waals surface area contributed by atoms with Crippen molar-refractivity contribution >= 4 is 35.1 Å². The van der Waals surface area contributed by atoms with E-state index in [1.54, 1.807) is 0 Å². The fourth-order valence-electron chi connectivity index (χ4n) is 4.95. The van der Waals surface area contributed by atoms with Crippen LogP contribution in [0.2, 0.25) is 0 Å². The summed E-state index contributed by atoms with van der Waals surface area (Å²) in [6, 6.07) is -0.637. The lowest BCUT2D eigenvalue weighted by Gasteiger charge is -2.38. The molecule has 0 aromatic carbocycles. The van der Waals surface area contributed by atoms with Crippen molar-refractivity contribution < 1.29 is 33.9 Å². The van der Waals surface area contributed by atoms with E-state index in [-0.39, 0.29) is 42.6 Å². The molecule has 1 aromatic rings. The molecule has 1 aromatic heterocycles. The molecule has 0 radical (unpaired) electrons. The number of nitrogens with one attached hydrogen (secondary N) is 1. The molecule has 1 aliphatic rings. The zero-order chi connectivity index (χ0) is 31.4. The van der Waals surface area contributed by atoms with Crippen LogP contribution in [-0.2, 0) is 24.0 Å². The second-order valence-corrected chi connectivity index (χ2v) is 12.1. The van der Waals surface area contributed by atoms with E-state index in [4.69, 9.17) is 16.0 Å². The molecule has 2 amide bonds. The predicted molar refractivity (Wildman–Crippen MR) is 159 cm³/mol. The number of thiazole rings is 1. The maximum absolute atomic E-state index is 14.3. The molecular weight excluding hydrogens is 560 g/mol. The number of carbonyl (C=O) groups is 4. The highest BCUT2D eigenvalue weighted by molar-refractivity contribution is 7.09. The van der Waals surface area contributed by atoms with Crippen LogP contribution in [0.5, 0.6) is 0 Å². The molecule has 0 unspecified atom stereocenters. The Morgan fingerprint density at radius 3 is 2.55 bits per heavy atom. The van der Waals surface area contributed by atoms with Gasteiger partial charge in [-0.3, -0.25) is 24.1 Å². The van der Waals surface area contributed by atoms with Crippen LogP contribution in [0.3, 0.4) is 0 Å². The SMILES string of the molecule is C#CCCCON(C(=O)[C@H](C(=O)N[C@H]1CCCCN1C)[C@@H](C)CC)[C@H](C[C@@H](OC(C)=O)c1nc(C(=O)O)cs1)C(C)C. The Morgan fingerprint density at radius 1 is 1.29 bits per heavy atom. The van der Waals surface area contributed by atoms with E-state index < -0.39 is 35.9 Å². The number of carboxylic acids is 1. The number of hydrogen-bond acceptors (Lipinski definition) is 9. The number of ether oxygens (including phenoxy) is 1. The highest BCUT2D eigenvalue weighted by Gasteiger charge is 2.41. The summed E-state index contributed by atoms with van der Waals surface area (Å²) in [5, 5.41) is 15.4. The van der Waals surface area contributed by atoms with Gasteiger partial charge in [0, 0.05) is 25.1 Å². The molecule has 0 spiro atoms. The number of carbonyl (C=O) groups excluding carboxylic acids is 3. The van der Waals surface area contributed by atoms with Crippen molar-refractivity contribution in [3.8, 4) is 12.3 Å². The van der Waals surface area contributed by atoms with Crippen LogP contribution in [-0.4, -0.2) is 76.2 Å². The number of carboxylic acid groups (broad SMARTS) is 1. The Hall–Kier alpha value is -3.01. The number of aromatic nitrogens is 1. The molecule has 11 nitrogen and oxygen atoms in total. The minimum absolute atomic E-state index is 0.0882. The fraction of sp³-hybridized carbons (Fsp3) is 0.700. The molecule has 0 aliphatic carbocycles. The number of aromatic carboxylic acids is 1. The third kappa shape index (κ3) is 10.1. The maximum atomic E-state index is 14.3. The van der Waals surface area contributed by atoms with Crippen molar-refractivity contribution in [3.05, 3.63) is 16.1 Å². The molecule has 5 atom stereocenters. The first-order valence-corrected chi connectivity index (χ1v) is 15.5. The first-order chi connectivity index (χ1) is 19.9. The first kappa shape index (κ1) is 35.2. The van der Waals surface area contributed by atoms with Gasteiger partial charge in [0.2, 0.25) is 5.91 Å². The van der Waals surface area contributed by atoms with E-state index in [2.05, 4.69) is 21.1 Å². The fourth-order valence-corrected chi connectivity index (χ4v) is 5.78. The van der Waals surface area contributed by atoms with Gasteiger partial charge in [-0.25, -0.2) is 14.8 Å². The van der Waals surface area contributed by atoms with Crippen molar-refractivity contribution in [2.24, 2.45) is 17.8 Å². The van der Waals surface area contributed by atoms with E-state index in [9.17, 15) is 24.3 Å². The number of likely N-dealkylation sites (tertiary alicyclic amines) is 1. The van der Waals surface area contributed by atoms with Crippen LogP contribution in [0.25, 0.3) is 0 Å². The topological polar surface area (TPSA) is 138 Å². The van der Waals surface area contributed by atoms with Crippen LogP contribution < -0.4 is 5.32 Å². The molecule has 2 rings (SSSR count). The van der Waals surface area contributed by atoms with E-state index >= 15 is 0 Å². The number of hydrogen-bond donors (Lipinski definition) is 2. The number of unbranched alkanes of at least 4 members (excludes halogenated alkanes) is 1. The lowest BCUT2D eigenvalue weighted by Crippen LogP contribution is -2.55. The lowest BCUT2D eigenvalue weighted by atomic mass is 9.88. The van der Waals surface area contributed by atoms with E-state index in [1.165, 1.54) is 17.4 Å². The Labute approximate surface area is 253 Å². The number of piperidine rings is 1. The smallest absolute Gasteiger partial charge is 0.355 e. The number of terminal acetylenes is 1. The van der Waals surface area contributed by atoms with Crippen LogP contribution in [0, 0.1) is 30.1 Å². The van der Waals surface area contributed by atoms with Crippen molar-refractivity contribution in [3.63, 3.8) is 0 Å². The van der Waals surface area contributed by atoms with Crippen molar-refractivity contribution in [2.75, 3.05) is 20.2 Å². The van der Waals surface area contributed by atoms with Crippen LogP contribution in [0.1, 0.15) is 101 Å². The molecule has 42 heavy (non-hydrogen) atoms. The average molecular weight is 607 g/mol. The molecule has 2 N–H and O–H groups in total. The summed E-state index contributed by atoms with van der Waals surface area (Å²) in [6.07, 6.45) is 8.83. The van der Waals surface area contributed by atoms with Gasteiger partial charge in [0.05, 0.1) is 18.8 Å². The largest absolute Gasteiger partial charge is 0.476 e. The Balaban J connectivity index is 2.45. The molecule has 1 aliphatic heterocycles. The van der Waals surface area contributed by atoms with Gasteiger partial charge < -0.3 is 15.2 Å². The molecule has 1 fully saturated rings. The second kappa shape index (κ2) is 17.2. The molecular formula is C30H46N4O7S. The molecule has 0 saturated carbocycles. The molecule has 0 bridgehead atoms. The number of hydroxylamine groups is 2. The van der Waals surface area contributed by atoms with Crippen molar-refractivity contribution in [1.29, 1.82) is 0 Å². The summed E-state index contributed by atoms with van der Waals surface area (Å²) < 4.78 is 5.58. The normalized spacial score (nSPS) is 18.4. The van der Waals surface area contributed by atoms with E-state index in [1.807, 2.05) is 34.7 Å². The van der Waals surface area contributed by atoms with E-state index in [0.717, 1.165) is 37.1 Å². The molecule has 234 valence electrons. The minimum Gasteiger partial charge on any atom is -0.476 e. The Morgan fingerprint density at radius 2 is 2.00 bits per heavy atom. The molecule has 1 saturated heterocycles. The summed E-state index contributed by atoms with van der Waals surface area (Å²) in [7, 11) is 1.96. The summed E-state index contributed by atoms with van der Waals surface area (Å²) >= 11 is 1.06. The van der Waals surface area contributed by atoms with Gasteiger partial charge in [-0.15, -0.1) is 23.7 Å². The van der Waals surface area contributed by atoms with Gasteiger partial charge in [0.25, 0.3) is 5.91 Å². The Bertz CT molecular complexity index is 1100. The third-order valence-electron chi connectivity index (χ3n) is 7.60. The predicted octanol–water partition coefficient (Wildman–Crippen LogP) is 4.25. The zero-order valence-corrected chi connectivity index (χ0v) is 26.4. The molecule has 12 heteroatoms. The summed E-state index contributed by atoms with van der Waals surface area (Å²) in [5.74, 6) is -1.52. The molecule has 2 heterocycles. The monoisotopic (exact) mass is 606 g/mol. The van der Waals surface area contributed by atoms with Gasteiger partial charge in [0.1, 0.15) is 10.9 Å². The number of rotatable bonds is 16. The maximum Gasteiger partial charge on any atom is 0.355 e. The quantitative estimate of drug-likeness (QED) is 0.0929. The van der Waals surface area contributed by atoms with Crippen molar-refractivity contribution in [2.45, 2.75) is 97.9 Å². The van der Waals surface area contributed by atoms with Crippen LogP contribution in [0.15, 0.2) is 5.38 Å². The van der Waals surface area contributed by atoms with Gasteiger partial charge >= 0.3 is 11.9 Å². The number of amides is 2. The van der Waals surface area contributed by atoms with Crippen LogP contribution >= 0.6 is 11.3 Å². The van der Waals surface area contributed by atoms with Crippen molar-refractivity contribution in [1.82, 2.24) is 20.3 Å². The third-order valence-corrected chi connectivity index (χ3v) is 8.54. The standard InChI is InChI=1S/C30H46N4O7S/c1-8-10-13-16-40-34(29(37)26(20(5)9-2)27(36)32-25-14-11-12-15-33(25)7)23(19(3)4)17-24(41-21(6)35)28-31-22(18-42-28)30(38)39/h1,18-20,23-26H,9-17H2,2-7H3,(H,32,36)(H,38,39)/t20-,23+,24+,25+,26-/m0/s1. The Kier molecular flexibility index (Phi) is 14.4. The second-order valence-electron chi connectivity index (χ2n) is 11.2. The van der Waals surface area contributed by atoms with Gasteiger partial charge in [-0.1, -0.05) is 34.1 Å². The highest BCUT2D eigenvalue weighted by Crippen LogP contribution is 2.32. The van der Waals surface area contributed by atoms with Gasteiger partial charge in [-0.05, 0) is 51.1 Å². The summed E-state index contributed by atoms with van der Waals surface area (Å²) in [6.45, 7) is 9.89. The van der Waals surface area contributed by atoms with Crippen LogP contribution in [0.4, 0.5) is 0 Å². The highest BCUT2D eigenvalue weighted by atomic mass is 32.1. The zero-order valence-electron chi connectivity index (χ0n) is 25.6. The first-order valence-electron chi connectivity index (χ1n) is 14.7. The van der Waals surface area contributed by atoms with Gasteiger partial charge in [0.15, 0.2) is 11.8 Å². The lowest BCUT2D eigenvalue weighted by molar-refractivity contribution is -0.215. The minimum atomic E-state index is -1.20. The number of nitrogens with zero attached hydrogens (tertiary/aromatic N) is 3. The van der Waals surface area contributed by atoms with Gasteiger partial charge in [-0.2, -0.15) is 0 Å². The summed E-state index contributed by atoms with van der Waals surface area (Å²) in [5.41, 5.74) is -0.159. The number of esters is 1.